The maximum atomic E-state index is 10.8. The van der Waals surface area contributed by atoms with E-state index in [1.165, 1.54) is 19.2 Å². The number of aromatic nitrogens is 4. The summed E-state index contributed by atoms with van der Waals surface area (Å²) in [6, 6.07) is 2.18. The van der Waals surface area contributed by atoms with Gasteiger partial charge < -0.3 is 10.4 Å². The van der Waals surface area contributed by atoms with Gasteiger partial charge in [-0.25, -0.2) is 14.6 Å². The van der Waals surface area contributed by atoms with Crippen molar-refractivity contribution in [3.05, 3.63) is 18.1 Å². The van der Waals surface area contributed by atoms with Crippen molar-refractivity contribution in [2.24, 2.45) is 5.92 Å². The summed E-state index contributed by atoms with van der Waals surface area (Å²) in [5, 5.41) is 27.6. The monoisotopic (exact) mass is 324 g/mol. The van der Waals surface area contributed by atoms with Gasteiger partial charge in [0, 0.05) is 12.1 Å². The Labute approximate surface area is 140 Å². The summed E-state index contributed by atoms with van der Waals surface area (Å²) in [6.45, 7) is 0.828. The van der Waals surface area contributed by atoms with Gasteiger partial charge in [-0.15, -0.1) is 0 Å². The standard InChI is InChI=1S/C17H20N6O/c18-7-5-14(11-3-1-2-4-11)23-17(24)13(9-22-23)15-12-6-8-19-16(12)21-10-20-15/h9-11,14,24H,1-6,8H2,(H,19,20,21). The SMILES string of the molecule is N#CCC(C1CCCC1)n1ncc(-c2ncnc3c2CCN3)c1O. The van der Waals surface area contributed by atoms with E-state index in [0.717, 1.165) is 42.9 Å². The Kier molecular flexibility index (Phi) is 3.81. The first-order chi connectivity index (χ1) is 11.8. The lowest BCUT2D eigenvalue weighted by Gasteiger charge is -2.22. The highest BCUT2D eigenvalue weighted by atomic mass is 16.3. The van der Waals surface area contributed by atoms with Crippen LogP contribution in [0.3, 0.4) is 0 Å². The molecule has 124 valence electrons. The molecule has 7 heteroatoms. The number of anilines is 1. The molecule has 3 heterocycles. The third-order valence-corrected chi connectivity index (χ3v) is 5.20. The van der Waals surface area contributed by atoms with Gasteiger partial charge in [-0.1, -0.05) is 12.8 Å². The van der Waals surface area contributed by atoms with Crippen LogP contribution in [-0.2, 0) is 6.42 Å². The summed E-state index contributed by atoms with van der Waals surface area (Å²) in [4.78, 5) is 8.60. The van der Waals surface area contributed by atoms with Gasteiger partial charge >= 0.3 is 0 Å². The molecule has 0 bridgehead atoms. The van der Waals surface area contributed by atoms with Crippen molar-refractivity contribution in [2.75, 3.05) is 11.9 Å². The van der Waals surface area contributed by atoms with E-state index in [1.807, 2.05) is 0 Å². The van der Waals surface area contributed by atoms with Crippen LogP contribution >= 0.6 is 0 Å². The number of hydrogen-bond donors (Lipinski definition) is 2. The second-order valence-electron chi connectivity index (χ2n) is 6.53. The average Bonchev–Trinajstić information content (AvgIpc) is 3.33. The number of nitriles is 1. The fourth-order valence-electron chi connectivity index (χ4n) is 3.99. The predicted octanol–water partition coefficient (Wildman–Crippen LogP) is 2.66. The first kappa shape index (κ1) is 14.9. The number of nitrogens with zero attached hydrogens (tertiary/aromatic N) is 5. The number of rotatable bonds is 4. The smallest absolute Gasteiger partial charge is 0.219 e. The zero-order chi connectivity index (χ0) is 16.5. The lowest BCUT2D eigenvalue weighted by molar-refractivity contribution is 0.278. The average molecular weight is 324 g/mol. The molecular formula is C17H20N6O. The molecule has 1 unspecified atom stereocenters. The zero-order valence-electron chi connectivity index (χ0n) is 13.4. The second kappa shape index (κ2) is 6.11. The highest BCUT2D eigenvalue weighted by Gasteiger charge is 2.30. The van der Waals surface area contributed by atoms with Crippen molar-refractivity contribution in [3.8, 4) is 23.2 Å². The second-order valence-corrected chi connectivity index (χ2v) is 6.53. The minimum Gasteiger partial charge on any atom is -0.493 e. The van der Waals surface area contributed by atoms with Crippen molar-refractivity contribution >= 4 is 5.82 Å². The normalized spacial score (nSPS) is 18.1. The minimum atomic E-state index is -0.0701. The number of nitrogens with one attached hydrogen (secondary N) is 1. The van der Waals surface area contributed by atoms with Crippen LogP contribution in [0.5, 0.6) is 5.88 Å². The first-order valence-corrected chi connectivity index (χ1v) is 8.51. The van der Waals surface area contributed by atoms with Crippen molar-refractivity contribution in [1.82, 2.24) is 19.7 Å². The van der Waals surface area contributed by atoms with E-state index in [-0.39, 0.29) is 11.9 Å². The summed E-state index contributed by atoms with van der Waals surface area (Å²) in [5.74, 6) is 1.34. The van der Waals surface area contributed by atoms with E-state index in [0.29, 0.717) is 17.9 Å². The molecule has 4 rings (SSSR count). The molecule has 2 aromatic heterocycles. The molecular weight excluding hydrogens is 304 g/mol. The van der Waals surface area contributed by atoms with E-state index in [1.54, 1.807) is 10.9 Å². The van der Waals surface area contributed by atoms with Crippen molar-refractivity contribution in [1.29, 1.82) is 5.26 Å². The Morgan fingerprint density at radius 3 is 3.00 bits per heavy atom. The van der Waals surface area contributed by atoms with Gasteiger partial charge in [-0.3, -0.25) is 0 Å². The van der Waals surface area contributed by atoms with Crippen LogP contribution < -0.4 is 5.32 Å². The fraction of sp³-hybridized carbons (Fsp3) is 0.529. The van der Waals surface area contributed by atoms with E-state index in [9.17, 15) is 10.4 Å². The van der Waals surface area contributed by atoms with Gasteiger partial charge in [0.25, 0.3) is 0 Å². The summed E-state index contributed by atoms with van der Waals surface area (Å²) >= 11 is 0. The van der Waals surface area contributed by atoms with E-state index in [2.05, 4.69) is 26.5 Å². The van der Waals surface area contributed by atoms with Crippen molar-refractivity contribution in [2.45, 2.75) is 44.6 Å². The van der Waals surface area contributed by atoms with Crippen molar-refractivity contribution < 1.29 is 5.11 Å². The molecule has 1 aliphatic carbocycles. The first-order valence-electron chi connectivity index (χ1n) is 8.51. The molecule has 0 radical (unpaired) electrons. The Hall–Kier alpha value is -2.62. The molecule has 1 saturated carbocycles. The van der Waals surface area contributed by atoms with Gasteiger partial charge in [-0.05, 0) is 25.2 Å². The van der Waals surface area contributed by atoms with Crippen LogP contribution in [0.15, 0.2) is 12.5 Å². The number of aromatic hydroxyl groups is 1. The Morgan fingerprint density at radius 2 is 2.21 bits per heavy atom. The van der Waals surface area contributed by atoms with Gasteiger partial charge in [0.05, 0.1) is 36.0 Å². The highest BCUT2D eigenvalue weighted by Crippen LogP contribution is 2.41. The summed E-state index contributed by atoms with van der Waals surface area (Å²) in [7, 11) is 0. The third-order valence-electron chi connectivity index (χ3n) is 5.20. The van der Waals surface area contributed by atoms with Crippen LogP contribution in [0.4, 0.5) is 5.82 Å². The molecule has 0 spiro atoms. The molecule has 2 N–H and O–H groups in total. The predicted molar refractivity (Wildman–Crippen MR) is 88.3 cm³/mol. The van der Waals surface area contributed by atoms with Gasteiger partial charge in [-0.2, -0.15) is 10.4 Å². The molecule has 1 atom stereocenters. The van der Waals surface area contributed by atoms with E-state index >= 15 is 0 Å². The Bertz CT molecular complexity index is 787. The summed E-state index contributed by atoms with van der Waals surface area (Å²) < 4.78 is 1.63. The van der Waals surface area contributed by atoms with Gasteiger partial charge in [0.1, 0.15) is 12.1 Å². The van der Waals surface area contributed by atoms with Crippen LogP contribution in [0.2, 0.25) is 0 Å². The van der Waals surface area contributed by atoms with Crippen molar-refractivity contribution in [3.63, 3.8) is 0 Å². The van der Waals surface area contributed by atoms with Crippen LogP contribution in [0.25, 0.3) is 11.3 Å². The minimum absolute atomic E-state index is 0.0701. The van der Waals surface area contributed by atoms with Gasteiger partial charge in [0.2, 0.25) is 5.88 Å². The maximum absolute atomic E-state index is 10.8. The fourth-order valence-corrected chi connectivity index (χ4v) is 3.99. The molecule has 2 aliphatic rings. The molecule has 24 heavy (non-hydrogen) atoms. The third kappa shape index (κ3) is 2.39. The number of hydrogen-bond acceptors (Lipinski definition) is 6. The molecule has 2 aromatic rings. The van der Waals surface area contributed by atoms with E-state index in [4.69, 9.17) is 0 Å². The molecule has 7 nitrogen and oxygen atoms in total. The zero-order valence-corrected chi connectivity index (χ0v) is 13.4. The lowest BCUT2D eigenvalue weighted by Crippen LogP contribution is -2.18. The van der Waals surface area contributed by atoms with Crippen LogP contribution in [0.1, 0.15) is 43.7 Å². The molecule has 0 aromatic carbocycles. The molecule has 1 aliphatic heterocycles. The van der Waals surface area contributed by atoms with Gasteiger partial charge in [0.15, 0.2) is 0 Å². The van der Waals surface area contributed by atoms with Crippen LogP contribution in [-0.4, -0.2) is 31.4 Å². The quantitative estimate of drug-likeness (QED) is 0.897. The van der Waals surface area contributed by atoms with E-state index < -0.39 is 0 Å². The molecule has 1 fully saturated rings. The largest absolute Gasteiger partial charge is 0.493 e. The summed E-state index contributed by atoms with van der Waals surface area (Å²) in [5.41, 5.74) is 2.37. The molecule has 0 amide bonds. The Balaban J connectivity index is 1.73. The molecule has 0 saturated heterocycles. The van der Waals surface area contributed by atoms with Crippen LogP contribution in [0, 0.1) is 17.2 Å². The highest BCUT2D eigenvalue weighted by molar-refractivity contribution is 5.72. The maximum Gasteiger partial charge on any atom is 0.219 e. The number of fused-ring (bicyclic) bond motifs is 1. The lowest BCUT2D eigenvalue weighted by atomic mass is 9.96. The Morgan fingerprint density at radius 1 is 1.38 bits per heavy atom. The summed E-state index contributed by atoms with van der Waals surface area (Å²) in [6.07, 6.45) is 8.92. The topological polar surface area (TPSA) is 99.7 Å².